The monoisotopic (exact) mass is 377 g/mol. The van der Waals surface area contributed by atoms with Crippen LogP contribution in [0.15, 0.2) is 0 Å². The normalized spacial score (nSPS) is 50.9. The molecule has 0 spiro atoms. The Hall–Kier alpha value is -0.990. The summed E-state index contributed by atoms with van der Waals surface area (Å²) in [5, 5.41) is 0. The second kappa shape index (κ2) is 5.79. The maximum Gasteiger partial charge on any atom is 0.138 e. The third-order valence-corrected chi connectivity index (χ3v) is 10.0. The molecular weight excluding hydrogens is 342 g/mol. The first-order valence-corrected chi connectivity index (χ1v) is 12.3. The lowest BCUT2D eigenvalue weighted by atomic mass is 9.49. The van der Waals surface area contributed by atoms with Crippen molar-refractivity contribution in [3.05, 3.63) is 17.5 Å². The minimum atomic E-state index is 0.305. The summed E-state index contributed by atoms with van der Waals surface area (Å²) in [6.07, 6.45) is 17.3. The lowest BCUT2D eigenvalue weighted by Gasteiger charge is -2.56. The van der Waals surface area contributed by atoms with Crippen LogP contribution in [-0.2, 0) is 5.41 Å². The molecule has 9 rings (SSSR count). The Morgan fingerprint density at radius 3 is 1.75 bits per heavy atom. The maximum absolute atomic E-state index is 5.37. The van der Waals surface area contributed by atoms with Crippen LogP contribution >= 0.6 is 0 Å². The molecule has 0 saturated heterocycles. The number of rotatable bonds is 2. The van der Waals surface area contributed by atoms with Gasteiger partial charge in [-0.1, -0.05) is 0 Å². The Morgan fingerprint density at radius 1 is 0.607 bits per heavy atom. The average molecular weight is 378 g/mol. The van der Waals surface area contributed by atoms with E-state index in [1.165, 1.54) is 88.7 Å². The first kappa shape index (κ1) is 16.8. The highest BCUT2D eigenvalue weighted by Gasteiger charge is 2.53. The van der Waals surface area contributed by atoms with Gasteiger partial charge in [0.1, 0.15) is 17.5 Å². The van der Waals surface area contributed by atoms with Gasteiger partial charge in [-0.25, -0.2) is 15.0 Å². The number of aryl methyl sites for hydroxylation is 1. The van der Waals surface area contributed by atoms with Gasteiger partial charge in [-0.05, 0) is 125 Å². The third-order valence-electron chi connectivity index (χ3n) is 10.0. The molecular formula is C25H35N3. The number of fused-ring (bicyclic) bond motifs is 1. The van der Waals surface area contributed by atoms with Crippen LogP contribution in [0.25, 0.3) is 0 Å². The molecule has 8 bridgehead atoms. The van der Waals surface area contributed by atoms with Crippen molar-refractivity contribution in [2.45, 2.75) is 95.3 Å². The largest absolute Gasteiger partial charge is 0.218 e. The highest BCUT2D eigenvalue weighted by molar-refractivity contribution is 5.19. The standard InChI is InChI=1S/C25H35N3/c1-14-26-23(22-10-17-3-15-2-16(4-17)9-21(22)8-15)28-24(27-14)25-11-18-5-19(12-25)7-20(6-18)13-25/h15-22H,2-13H2,1H3. The molecule has 3 heteroatoms. The van der Waals surface area contributed by atoms with Crippen molar-refractivity contribution in [2.24, 2.45) is 41.4 Å². The summed E-state index contributed by atoms with van der Waals surface area (Å²) >= 11 is 0. The van der Waals surface area contributed by atoms with Gasteiger partial charge < -0.3 is 0 Å². The second-order valence-electron chi connectivity index (χ2n) is 12.1. The van der Waals surface area contributed by atoms with Gasteiger partial charge in [-0.3, -0.25) is 0 Å². The van der Waals surface area contributed by atoms with Crippen LogP contribution in [0.2, 0.25) is 0 Å². The van der Waals surface area contributed by atoms with Gasteiger partial charge >= 0.3 is 0 Å². The van der Waals surface area contributed by atoms with Crippen molar-refractivity contribution >= 4 is 0 Å². The van der Waals surface area contributed by atoms with E-state index in [0.717, 1.165) is 47.2 Å². The minimum absolute atomic E-state index is 0.305. The molecule has 3 unspecified atom stereocenters. The number of nitrogens with zero attached hydrogens (tertiary/aromatic N) is 3. The highest BCUT2D eigenvalue weighted by Crippen LogP contribution is 2.60. The zero-order valence-corrected chi connectivity index (χ0v) is 17.4. The molecule has 8 aliphatic carbocycles. The van der Waals surface area contributed by atoms with Crippen LogP contribution < -0.4 is 0 Å². The van der Waals surface area contributed by atoms with E-state index in [1.54, 1.807) is 0 Å². The van der Waals surface area contributed by atoms with E-state index in [1.807, 2.05) is 0 Å². The summed E-state index contributed by atoms with van der Waals surface area (Å²) < 4.78 is 0. The van der Waals surface area contributed by atoms with Gasteiger partial charge in [0.05, 0.1) is 0 Å². The van der Waals surface area contributed by atoms with Gasteiger partial charge in [0.15, 0.2) is 0 Å². The van der Waals surface area contributed by atoms with Crippen LogP contribution in [0.4, 0.5) is 0 Å². The molecule has 28 heavy (non-hydrogen) atoms. The average Bonchev–Trinajstić information content (AvgIpc) is 2.83. The third kappa shape index (κ3) is 2.50. The summed E-state index contributed by atoms with van der Waals surface area (Å²) in [5.74, 6) is 10.7. The van der Waals surface area contributed by atoms with E-state index < -0.39 is 0 Å². The Balaban J connectivity index is 1.27. The fourth-order valence-corrected chi connectivity index (χ4v) is 9.72. The van der Waals surface area contributed by atoms with Crippen LogP contribution in [0.3, 0.4) is 0 Å². The van der Waals surface area contributed by atoms with E-state index in [2.05, 4.69) is 6.92 Å². The zero-order valence-electron chi connectivity index (χ0n) is 17.4. The Bertz CT molecular complexity index is 752. The smallest absolute Gasteiger partial charge is 0.138 e. The van der Waals surface area contributed by atoms with Crippen LogP contribution in [0.1, 0.15) is 100 Å². The van der Waals surface area contributed by atoms with Crippen molar-refractivity contribution in [2.75, 3.05) is 0 Å². The summed E-state index contributed by atoms with van der Waals surface area (Å²) in [6, 6.07) is 0. The molecule has 150 valence electrons. The Morgan fingerprint density at radius 2 is 1.14 bits per heavy atom. The molecule has 3 atom stereocenters. The number of hydrogen-bond donors (Lipinski definition) is 0. The lowest BCUT2D eigenvalue weighted by molar-refractivity contribution is -0.00980. The summed E-state index contributed by atoms with van der Waals surface area (Å²) in [6.45, 7) is 2.13. The van der Waals surface area contributed by atoms with Crippen molar-refractivity contribution < 1.29 is 0 Å². The zero-order chi connectivity index (χ0) is 18.5. The van der Waals surface area contributed by atoms with Crippen LogP contribution in [0.5, 0.6) is 0 Å². The molecule has 0 amide bonds. The fourth-order valence-electron chi connectivity index (χ4n) is 9.72. The maximum atomic E-state index is 5.37. The van der Waals surface area contributed by atoms with E-state index in [-0.39, 0.29) is 0 Å². The van der Waals surface area contributed by atoms with E-state index >= 15 is 0 Å². The molecule has 1 heterocycles. The molecule has 3 nitrogen and oxygen atoms in total. The Kier molecular flexibility index (Phi) is 3.47. The minimum Gasteiger partial charge on any atom is -0.218 e. The predicted molar refractivity (Wildman–Crippen MR) is 109 cm³/mol. The predicted octanol–water partition coefficient (Wildman–Crippen LogP) is 5.58. The molecule has 0 radical (unpaired) electrons. The van der Waals surface area contributed by atoms with Crippen LogP contribution in [0, 0.1) is 48.3 Å². The second-order valence-corrected chi connectivity index (χ2v) is 12.1. The number of hydrogen-bond acceptors (Lipinski definition) is 3. The van der Waals surface area contributed by atoms with Crippen LogP contribution in [-0.4, -0.2) is 15.0 Å². The van der Waals surface area contributed by atoms with E-state index in [0.29, 0.717) is 11.3 Å². The summed E-state index contributed by atoms with van der Waals surface area (Å²) in [7, 11) is 0. The highest BCUT2D eigenvalue weighted by atomic mass is 15.0. The molecule has 0 aromatic carbocycles. The SMILES string of the molecule is Cc1nc(C2CC3CC4CC(C3)CC2C4)nc(C23CC4CC(CC(C4)C2)C3)n1. The molecule has 0 aliphatic heterocycles. The lowest BCUT2D eigenvalue weighted by Crippen LogP contribution is -2.49. The molecule has 8 aliphatic rings. The van der Waals surface area contributed by atoms with E-state index in [4.69, 9.17) is 15.0 Å². The molecule has 1 aromatic rings. The molecule has 8 fully saturated rings. The molecule has 8 saturated carbocycles. The van der Waals surface area contributed by atoms with Gasteiger partial charge in [-0.2, -0.15) is 0 Å². The van der Waals surface area contributed by atoms with Crippen molar-refractivity contribution in [1.82, 2.24) is 15.0 Å². The summed E-state index contributed by atoms with van der Waals surface area (Å²) in [4.78, 5) is 15.4. The number of aromatic nitrogens is 3. The first-order chi connectivity index (χ1) is 13.6. The van der Waals surface area contributed by atoms with Crippen molar-refractivity contribution in [1.29, 1.82) is 0 Å². The molecule has 0 N–H and O–H groups in total. The van der Waals surface area contributed by atoms with Gasteiger partial charge in [0.2, 0.25) is 0 Å². The van der Waals surface area contributed by atoms with Gasteiger partial charge in [0.25, 0.3) is 0 Å². The van der Waals surface area contributed by atoms with E-state index in [9.17, 15) is 0 Å². The topological polar surface area (TPSA) is 38.7 Å². The Labute approximate surface area is 169 Å². The first-order valence-electron chi connectivity index (χ1n) is 12.3. The van der Waals surface area contributed by atoms with Gasteiger partial charge in [0, 0.05) is 11.3 Å². The molecule has 1 aromatic heterocycles. The fraction of sp³-hybridized carbons (Fsp3) is 0.880. The summed E-state index contributed by atoms with van der Waals surface area (Å²) in [5.41, 5.74) is 0.305. The quantitative estimate of drug-likeness (QED) is 0.675. The van der Waals surface area contributed by atoms with Crippen molar-refractivity contribution in [3.63, 3.8) is 0 Å². The van der Waals surface area contributed by atoms with Crippen molar-refractivity contribution in [3.8, 4) is 0 Å². The van der Waals surface area contributed by atoms with Gasteiger partial charge in [-0.15, -0.1) is 0 Å².